The minimum absolute atomic E-state index is 0.742. The Bertz CT molecular complexity index is 169. The summed E-state index contributed by atoms with van der Waals surface area (Å²) in [5.74, 6) is 2.46. The second-order valence-corrected chi connectivity index (χ2v) is 5.08. The van der Waals surface area contributed by atoms with Crippen LogP contribution in [0.1, 0.15) is 66.7 Å². The largest absolute Gasteiger partial charge is 0.0999 e. The van der Waals surface area contributed by atoms with E-state index in [1.807, 2.05) is 0 Å². The number of hydrogen-bond acceptors (Lipinski definition) is 0. The van der Waals surface area contributed by atoms with Crippen LogP contribution in [-0.2, 0) is 0 Å². The van der Waals surface area contributed by atoms with E-state index in [-0.39, 0.29) is 0 Å². The van der Waals surface area contributed by atoms with Gasteiger partial charge in [-0.05, 0) is 37.5 Å². The molecule has 0 aliphatic heterocycles. The predicted molar refractivity (Wildman–Crippen MR) is 71.1 cm³/mol. The van der Waals surface area contributed by atoms with Crippen molar-refractivity contribution < 1.29 is 0 Å². The summed E-state index contributed by atoms with van der Waals surface area (Å²) in [6.07, 6.45) is 6.62. The molecule has 0 N–H and O–H groups in total. The van der Waals surface area contributed by atoms with E-state index in [1.54, 1.807) is 0 Å². The minimum atomic E-state index is 0.742. The molecule has 0 aliphatic rings. The van der Waals surface area contributed by atoms with Crippen molar-refractivity contribution in [1.29, 1.82) is 0 Å². The first kappa shape index (κ1) is 14.7. The smallest absolute Gasteiger partial charge is 0.0180 e. The van der Waals surface area contributed by atoms with Crippen molar-refractivity contribution in [2.75, 3.05) is 0 Å². The molecule has 0 fully saturated rings. The Balaban J connectivity index is 4.52. The minimum Gasteiger partial charge on any atom is -0.0999 e. The maximum Gasteiger partial charge on any atom is -0.0180 e. The average Bonchev–Trinajstić information content (AvgIpc) is 2.17. The van der Waals surface area contributed by atoms with Gasteiger partial charge in [-0.1, -0.05) is 59.1 Å². The first-order valence-electron chi connectivity index (χ1n) is 6.73. The summed E-state index contributed by atoms with van der Waals surface area (Å²) in [4.78, 5) is 0. The third kappa shape index (κ3) is 4.86. The molecule has 0 saturated carbocycles. The molecule has 0 nitrogen and oxygen atoms in total. The highest BCUT2D eigenvalue weighted by molar-refractivity contribution is 4.99. The van der Waals surface area contributed by atoms with Gasteiger partial charge in [-0.15, -0.1) is 0 Å². The molecule has 3 unspecified atom stereocenters. The lowest BCUT2D eigenvalue weighted by Crippen LogP contribution is -2.22. The van der Waals surface area contributed by atoms with Gasteiger partial charge in [0.15, 0.2) is 0 Å². The Morgan fingerprint density at radius 2 is 1.60 bits per heavy atom. The summed E-state index contributed by atoms with van der Waals surface area (Å²) in [6, 6.07) is 0. The second-order valence-electron chi connectivity index (χ2n) is 5.08. The van der Waals surface area contributed by atoms with E-state index in [0.717, 1.165) is 17.8 Å². The standard InChI is InChI=1S/C15H30/c1-7-10-13(6)15(11-8-2)14(9-3)12(4)5/h13-15H,4,7-11H2,1-3,5-6H3. The van der Waals surface area contributed by atoms with Crippen LogP contribution < -0.4 is 0 Å². The zero-order chi connectivity index (χ0) is 11.8. The van der Waals surface area contributed by atoms with Gasteiger partial charge in [-0.2, -0.15) is 0 Å². The molecule has 0 heteroatoms. The third-order valence-corrected chi connectivity index (χ3v) is 3.69. The van der Waals surface area contributed by atoms with Gasteiger partial charge in [-0.25, -0.2) is 0 Å². The summed E-state index contributed by atoms with van der Waals surface area (Å²) in [5.41, 5.74) is 1.39. The molecule has 15 heavy (non-hydrogen) atoms. The SMILES string of the molecule is C=C(C)C(CC)C(CCC)C(C)CCC. The average molecular weight is 210 g/mol. The van der Waals surface area contributed by atoms with Crippen LogP contribution in [0.2, 0.25) is 0 Å². The maximum atomic E-state index is 4.17. The lowest BCUT2D eigenvalue weighted by Gasteiger charge is -2.31. The fourth-order valence-corrected chi connectivity index (χ4v) is 2.90. The van der Waals surface area contributed by atoms with Gasteiger partial charge in [0.05, 0.1) is 0 Å². The highest BCUT2D eigenvalue weighted by Gasteiger charge is 2.24. The van der Waals surface area contributed by atoms with Crippen molar-refractivity contribution in [2.45, 2.75) is 66.7 Å². The van der Waals surface area contributed by atoms with Crippen LogP contribution in [0.3, 0.4) is 0 Å². The lowest BCUT2D eigenvalue weighted by molar-refractivity contribution is 0.232. The Morgan fingerprint density at radius 3 is 1.93 bits per heavy atom. The van der Waals surface area contributed by atoms with Crippen molar-refractivity contribution in [3.8, 4) is 0 Å². The molecule has 0 radical (unpaired) electrons. The summed E-state index contributed by atoms with van der Waals surface area (Å²) in [5, 5.41) is 0. The van der Waals surface area contributed by atoms with Crippen molar-refractivity contribution in [3.05, 3.63) is 12.2 Å². The molecule has 0 aromatic rings. The van der Waals surface area contributed by atoms with Crippen LogP contribution >= 0.6 is 0 Å². The van der Waals surface area contributed by atoms with E-state index in [9.17, 15) is 0 Å². The molecule has 0 aromatic carbocycles. The number of hydrogen-bond donors (Lipinski definition) is 0. The fourth-order valence-electron chi connectivity index (χ4n) is 2.90. The number of allylic oxidation sites excluding steroid dienone is 1. The molecule has 0 heterocycles. The van der Waals surface area contributed by atoms with Crippen LogP contribution in [0, 0.1) is 17.8 Å². The van der Waals surface area contributed by atoms with Gasteiger partial charge in [0.2, 0.25) is 0 Å². The topological polar surface area (TPSA) is 0 Å². The van der Waals surface area contributed by atoms with Crippen molar-refractivity contribution >= 4 is 0 Å². The highest BCUT2D eigenvalue weighted by atomic mass is 14.3. The zero-order valence-corrected chi connectivity index (χ0v) is 11.5. The Kier molecular flexibility index (Phi) is 7.82. The van der Waals surface area contributed by atoms with Crippen LogP contribution in [0.4, 0.5) is 0 Å². The Labute approximate surface area is 97.2 Å². The van der Waals surface area contributed by atoms with Crippen LogP contribution in [-0.4, -0.2) is 0 Å². The summed E-state index contributed by atoms with van der Waals surface area (Å²) >= 11 is 0. The second kappa shape index (κ2) is 7.96. The van der Waals surface area contributed by atoms with E-state index >= 15 is 0 Å². The fraction of sp³-hybridized carbons (Fsp3) is 0.867. The van der Waals surface area contributed by atoms with E-state index in [1.165, 1.54) is 37.7 Å². The first-order chi connectivity index (χ1) is 7.08. The molecule has 0 amide bonds. The lowest BCUT2D eigenvalue weighted by atomic mass is 9.74. The van der Waals surface area contributed by atoms with Crippen LogP contribution in [0.15, 0.2) is 12.2 Å². The van der Waals surface area contributed by atoms with E-state index in [2.05, 4.69) is 41.2 Å². The molecule has 90 valence electrons. The van der Waals surface area contributed by atoms with Crippen LogP contribution in [0.5, 0.6) is 0 Å². The van der Waals surface area contributed by atoms with E-state index in [4.69, 9.17) is 0 Å². The molecule has 0 aliphatic carbocycles. The first-order valence-corrected chi connectivity index (χ1v) is 6.73. The molecule has 3 atom stereocenters. The van der Waals surface area contributed by atoms with Gasteiger partial charge in [0.25, 0.3) is 0 Å². The summed E-state index contributed by atoms with van der Waals surface area (Å²) in [7, 11) is 0. The molecule has 0 rings (SSSR count). The molecule has 0 saturated heterocycles. The van der Waals surface area contributed by atoms with Crippen molar-refractivity contribution in [1.82, 2.24) is 0 Å². The summed E-state index contributed by atoms with van der Waals surface area (Å²) in [6.45, 7) is 15.7. The molecular weight excluding hydrogens is 180 g/mol. The molecular formula is C15H30. The molecule has 0 spiro atoms. The van der Waals surface area contributed by atoms with E-state index < -0.39 is 0 Å². The van der Waals surface area contributed by atoms with Crippen molar-refractivity contribution in [3.63, 3.8) is 0 Å². The van der Waals surface area contributed by atoms with Crippen LogP contribution in [0.25, 0.3) is 0 Å². The summed E-state index contributed by atoms with van der Waals surface area (Å²) < 4.78 is 0. The van der Waals surface area contributed by atoms with Crippen molar-refractivity contribution in [2.24, 2.45) is 17.8 Å². The van der Waals surface area contributed by atoms with E-state index in [0.29, 0.717) is 0 Å². The van der Waals surface area contributed by atoms with Gasteiger partial charge in [-0.3, -0.25) is 0 Å². The molecule has 0 bridgehead atoms. The molecule has 0 aromatic heterocycles. The third-order valence-electron chi connectivity index (χ3n) is 3.69. The number of rotatable bonds is 8. The normalized spacial score (nSPS) is 17.1. The quantitative estimate of drug-likeness (QED) is 0.468. The van der Waals surface area contributed by atoms with Gasteiger partial charge >= 0.3 is 0 Å². The van der Waals surface area contributed by atoms with Gasteiger partial charge in [0, 0.05) is 0 Å². The predicted octanol–water partition coefficient (Wildman–Crippen LogP) is 5.44. The Hall–Kier alpha value is -0.260. The monoisotopic (exact) mass is 210 g/mol. The zero-order valence-electron chi connectivity index (χ0n) is 11.5. The van der Waals surface area contributed by atoms with Gasteiger partial charge < -0.3 is 0 Å². The maximum absolute atomic E-state index is 4.17. The Morgan fingerprint density at radius 1 is 1.07 bits per heavy atom. The van der Waals surface area contributed by atoms with Gasteiger partial charge in [0.1, 0.15) is 0 Å². The highest BCUT2D eigenvalue weighted by Crippen LogP contribution is 2.34.